The average molecular weight is 214 g/mol. The monoisotopic (exact) mass is 212 g/mol. The molecule has 0 amide bonds. The summed E-state index contributed by atoms with van der Waals surface area (Å²) in [5.74, 6) is -1.34. The summed E-state index contributed by atoms with van der Waals surface area (Å²) in [6.45, 7) is 0. The third-order valence-electron chi connectivity index (χ3n) is 0.882. The second-order valence-corrected chi connectivity index (χ2v) is 1.97. The predicted molar refractivity (Wildman–Crippen MR) is 31.4 cm³/mol. The van der Waals surface area contributed by atoms with Crippen LogP contribution in [0.5, 0.6) is 0 Å². The summed E-state index contributed by atoms with van der Waals surface area (Å²) in [5.41, 5.74) is 0. The van der Waals surface area contributed by atoms with E-state index >= 15 is 0 Å². The topological polar surface area (TPSA) is 0 Å². The molecule has 0 bridgehead atoms. The van der Waals surface area contributed by atoms with Gasteiger partial charge in [0.25, 0.3) is 0 Å². The Bertz CT molecular complexity index is 227. The van der Waals surface area contributed by atoms with Gasteiger partial charge in [-0.15, -0.1) is 0 Å². The van der Waals surface area contributed by atoms with Crippen molar-refractivity contribution in [2.24, 2.45) is 0 Å². The van der Waals surface area contributed by atoms with Gasteiger partial charge in [-0.25, -0.2) is 8.78 Å². The van der Waals surface area contributed by atoms with Crippen LogP contribution in [0, 0.1) is 11.6 Å². The van der Waals surface area contributed by atoms with Gasteiger partial charge in [0.15, 0.2) is 0 Å². The first kappa shape index (κ1) is 9.99. The summed E-state index contributed by atoms with van der Waals surface area (Å²) in [4.78, 5) is 0. The van der Waals surface area contributed by atoms with Crippen LogP contribution in [0.3, 0.4) is 0 Å². The Hall–Kier alpha value is -0.00662. The molecule has 0 atom stereocenters. The second-order valence-electron chi connectivity index (χ2n) is 1.56. The van der Waals surface area contributed by atoms with E-state index in [1.54, 1.807) is 0 Å². The summed E-state index contributed by atoms with van der Waals surface area (Å²) in [5, 5.41) is -0.0589. The maximum absolute atomic E-state index is 12.2. The Balaban J connectivity index is 0.000000810. The van der Waals surface area contributed by atoms with Crippen molar-refractivity contribution in [1.29, 1.82) is 0 Å². The van der Waals surface area contributed by atoms with Gasteiger partial charge >= 0.3 is 0 Å². The van der Waals surface area contributed by atoms with Crippen LogP contribution >= 0.6 is 11.6 Å². The van der Waals surface area contributed by atoms with E-state index in [1.807, 2.05) is 0 Å². The van der Waals surface area contributed by atoms with Crippen molar-refractivity contribution < 1.29 is 28.3 Å². The van der Waals surface area contributed by atoms with Crippen molar-refractivity contribution >= 4 is 11.6 Å². The third kappa shape index (κ3) is 2.32. The van der Waals surface area contributed by atoms with Crippen LogP contribution in [0.25, 0.3) is 0 Å². The molecule has 0 radical (unpaired) electrons. The van der Waals surface area contributed by atoms with Gasteiger partial charge < -0.3 is 0 Å². The zero-order valence-corrected chi connectivity index (χ0v) is 8.80. The van der Waals surface area contributed by atoms with Crippen LogP contribution in [0.2, 0.25) is 5.02 Å². The first-order chi connectivity index (χ1) is 4.20. The largest absolute Gasteiger partial charge is 0.207 e. The van der Waals surface area contributed by atoms with E-state index in [4.69, 9.17) is 11.6 Å². The summed E-state index contributed by atoms with van der Waals surface area (Å²) in [6.07, 6.45) is 0. The first-order valence-electron chi connectivity index (χ1n) is 2.30. The van der Waals surface area contributed by atoms with Gasteiger partial charge in [0.05, 0.1) is 5.02 Å². The molecule has 0 unspecified atom stereocenters. The Labute approximate surface area is 74.9 Å². The van der Waals surface area contributed by atoms with Crippen LogP contribution in [0.4, 0.5) is 8.78 Å². The van der Waals surface area contributed by atoms with Crippen LogP contribution in [0.15, 0.2) is 18.2 Å². The molecule has 0 N–H and O–H groups in total. The number of rotatable bonds is 0. The average Bonchev–Trinajstić information content (AvgIpc) is 1.80. The molecule has 0 aliphatic carbocycles. The van der Waals surface area contributed by atoms with E-state index in [1.165, 1.54) is 6.07 Å². The molecule has 0 saturated heterocycles. The van der Waals surface area contributed by atoms with Gasteiger partial charge in [0, 0.05) is 25.5 Å². The van der Waals surface area contributed by atoms with E-state index < -0.39 is 11.6 Å². The fourth-order valence-corrected chi connectivity index (χ4v) is 0.588. The molecule has 0 aliphatic rings. The van der Waals surface area contributed by atoms with Gasteiger partial charge in [-0.2, -0.15) is 0 Å². The van der Waals surface area contributed by atoms with Gasteiger partial charge in [-0.3, -0.25) is 0 Å². The third-order valence-corrected chi connectivity index (χ3v) is 1.19. The van der Waals surface area contributed by atoms with Crippen molar-refractivity contribution in [3.63, 3.8) is 0 Å². The molecule has 50 valence electrons. The van der Waals surface area contributed by atoms with E-state index in [0.717, 1.165) is 12.1 Å². The molecule has 1 rings (SSSR count). The second kappa shape index (κ2) is 3.99. The molecule has 0 saturated carbocycles. The van der Waals surface area contributed by atoms with Gasteiger partial charge in [0.2, 0.25) is 0 Å². The standard InChI is InChI=1S/C6H3ClF2.Zn/c7-5-2-1-4(8)3-6(5)9;/h1-3H;. The molecule has 0 spiro atoms. The number of benzene rings is 1. The van der Waals surface area contributed by atoms with Gasteiger partial charge in [-0.05, 0) is 12.1 Å². The van der Waals surface area contributed by atoms with Crippen molar-refractivity contribution in [3.8, 4) is 0 Å². The molecule has 4 heteroatoms. The molecule has 1 aromatic carbocycles. The predicted octanol–water partition coefficient (Wildman–Crippen LogP) is 2.62. The summed E-state index contributed by atoms with van der Waals surface area (Å²) >= 11 is 5.24. The number of halogens is 3. The Kier molecular flexibility index (Phi) is 3.99. The molecular formula is C6H3ClF2Zn. The molecule has 1 aromatic rings. The Morgan fingerprint density at radius 1 is 1.20 bits per heavy atom. The summed E-state index contributed by atoms with van der Waals surface area (Å²) < 4.78 is 24.3. The Morgan fingerprint density at radius 2 is 1.80 bits per heavy atom. The van der Waals surface area contributed by atoms with Crippen molar-refractivity contribution in [1.82, 2.24) is 0 Å². The van der Waals surface area contributed by atoms with Crippen LogP contribution in [-0.4, -0.2) is 0 Å². The molecule has 10 heavy (non-hydrogen) atoms. The van der Waals surface area contributed by atoms with E-state index in [0.29, 0.717) is 0 Å². The minimum absolute atomic E-state index is 0. The zero-order valence-electron chi connectivity index (χ0n) is 5.07. The normalized spacial score (nSPS) is 8.70. The molecule has 0 aliphatic heterocycles. The maximum atomic E-state index is 12.2. The Morgan fingerprint density at radius 3 is 2.20 bits per heavy atom. The fraction of sp³-hybridized carbons (Fsp3) is 0. The van der Waals surface area contributed by atoms with Crippen molar-refractivity contribution in [3.05, 3.63) is 34.9 Å². The minimum Gasteiger partial charge on any atom is -0.207 e. The van der Waals surface area contributed by atoms with Crippen molar-refractivity contribution in [2.75, 3.05) is 0 Å². The van der Waals surface area contributed by atoms with Crippen LogP contribution in [0.1, 0.15) is 0 Å². The number of hydrogen-bond acceptors (Lipinski definition) is 0. The van der Waals surface area contributed by atoms with E-state index in [9.17, 15) is 8.78 Å². The summed E-state index contributed by atoms with van der Waals surface area (Å²) in [6, 6.07) is 3.01. The SMILES string of the molecule is Fc1ccc(Cl)c(F)c1.[Zn]. The van der Waals surface area contributed by atoms with E-state index in [2.05, 4.69) is 0 Å². The molecule has 0 fully saturated rings. The molecule has 0 nitrogen and oxygen atoms in total. The molecular weight excluding hydrogens is 211 g/mol. The smallest absolute Gasteiger partial charge is 0.144 e. The number of hydrogen-bond donors (Lipinski definition) is 0. The first-order valence-corrected chi connectivity index (χ1v) is 2.68. The van der Waals surface area contributed by atoms with E-state index in [-0.39, 0.29) is 24.5 Å². The van der Waals surface area contributed by atoms with Crippen LogP contribution < -0.4 is 0 Å². The van der Waals surface area contributed by atoms with Crippen LogP contribution in [-0.2, 0) is 19.5 Å². The van der Waals surface area contributed by atoms with Gasteiger partial charge in [0.1, 0.15) is 11.6 Å². The molecule has 0 heterocycles. The van der Waals surface area contributed by atoms with Gasteiger partial charge in [-0.1, -0.05) is 11.6 Å². The summed E-state index contributed by atoms with van der Waals surface area (Å²) in [7, 11) is 0. The maximum Gasteiger partial charge on any atom is 0.144 e. The minimum atomic E-state index is -0.725. The zero-order chi connectivity index (χ0) is 6.85. The quantitative estimate of drug-likeness (QED) is 0.459. The fourth-order valence-electron chi connectivity index (χ4n) is 0.470. The van der Waals surface area contributed by atoms with Crippen molar-refractivity contribution in [2.45, 2.75) is 0 Å². The molecule has 0 aromatic heterocycles.